The van der Waals surface area contributed by atoms with Gasteiger partial charge < -0.3 is 9.84 Å². The molecular formula is C9H8F2O3. The molecule has 0 amide bonds. The summed E-state index contributed by atoms with van der Waals surface area (Å²) in [6.07, 6.45) is -1.33. The van der Waals surface area contributed by atoms with Gasteiger partial charge in [0, 0.05) is 18.2 Å². The lowest BCUT2D eigenvalue weighted by molar-refractivity contribution is -0.142. The summed E-state index contributed by atoms with van der Waals surface area (Å²) in [6.45, 7) is 1.19. The Balaban J connectivity index is 2.82. The molecule has 0 radical (unpaired) electrons. The van der Waals surface area contributed by atoms with Crippen molar-refractivity contribution < 1.29 is 23.4 Å². The predicted octanol–water partition coefficient (Wildman–Crippen LogP) is 1.25. The van der Waals surface area contributed by atoms with Crippen LogP contribution in [0.5, 0.6) is 5.75 Å². The highest BCUT2D eigenvalue weighted by Crippen LogP contribution is 2.15. The summed E-state index contributed by atoms with van der Waals surface area (Å²) in [5.74, 6) is -2.93. The molecule has 0 aliphatic rings. The van der Waals surface area contributed by atoms with Crippen LogP contribution < -0.4 is 4.74 Å². The highest BCUT2D eigenvalue weighted by atomic mass is 19.1. The lowest BCUT2D eigenvalue weighted by Gasteiger charge is -2.05. The van der Waals surface area contributed by atoms with Gasteiger partial charge >= 0.3 is 5.97 Å². The highest BCUT2D eigenvalue weighted by molar-refractivity contribution is 5.76. The molecule has 5 heteroatoms. The van der Waals surface area contributed by atoms with Crippen LogP contribution in [-0.4, -0.2) is 17.2 Å². The molecule has 0 saturated carbocycles. The van der Waals surface area contributed by atoms with E-state index in [1.165, 1.54) is 6.92 Å². The second kappa shape index (κ2) is 4.15. The zero-order valence-electron chi connectivity index (χ0n) is 7.33. The first-order valence-corrected chi connectivity index (χ1v) is 3.85. The molecule has 1 aromatic rings. The van der Waals surface area contributed by atoms with Gasteiger partial charge in [0.05, 0.1) is 0 Å². The molecule has 0 fully saturated rings. The first-order chi connectivity index (χ1) is 6.49. The summed E-state index contributed by atoms with van der Waals surface area (Å²) in [5, 5.41) is 8.76. The summed E-state index contributed by atoms with van der Waals surface area (Å²) in [6, 6.07) is 2.35. The smallest absolute Gasteiger partial charge is 0.340 e. The number of aliphatic hydroxyl groups excluding tert-OH is 1. The number of hydrogen-bond acceptors (Lipinski definition) is 3. The molecule has 3 nitrogen and oxygen atoms in total. The number of aliphatic hydroxyl groups is 1. The molecule has 0 aliphatic heterocycles. The fourth-order valence-electron chi connectivity index (χ4n) is 0.789. The van der Waals surface area contributed by atoms with Crippen molar-refractivity contribution in [3.8, 4) is 5.75 Å². The number of carbonyl (C=O) groups excluding carboxylic acids is 1. The van der Waals surface area contributed by atoms with Gasteiger partial charge in [-0.1, -0.05) is 0 Å². The molecule has 14 heavy (non-hydrogen) atoms. The number of carbonyl (C=O) groups is 1. The van der Waals surface area contributed by atoms with Crippen LogP contribution in [-0.2, 0) is 4.79 Å². The van der Waals surface area contributed by atoms with E-state index in [9.17, 15) is 13.6 Å². The van der Waals surface area contributed by atoms with Crippen molar-refractivity contribution in [1.82, 2.24) is 0 Å². The standard InChI is InChI=1S/C9H8F2O3/c1-5(12)9(13)14-8-3-6(10)2-7(11)4-8/h2-5,12H,1H3. The first kappa shape index (κ1) is 10.6. The van der Waals surface area contributed by atoms with E-state index in [4.69, 9.17) is 5.11 Å². The van der Waals surface area contributed by atoms with Crippen molar-refractivity contribution in [3.63, 3.8) is 0 Å². The van der Waals surface area contributed by atoms with Crippen molar-refractivity contribution in [1.29, 1.82) is 0 Å². The van der Waals surface area contributed by atoms with E-state index in [1.807, 2.05) is 0 Å². The van der Waals surface area contributed by atoms with Crippen LogP contribution in [0.4, 0.5) is 8.78 Å². The molecule has 0 saturated heterocycles. The number of rotatable bonds is 2. The van der Waals surface area contributed by atoms with Crippen molar-refractivity contribution >= 4 is 5.97 Å². The molecule has 0 aliphatic carbocycles. The minimum Gasteiger partial charge on any atom is -0.424 e. The third kappa shape index (κ3) is 2.77. The van der Waals surface area contributed by atoms with Gasteiger partial charge in [-0.15, -0.1) is 0 Å². The Hall–Kier alpha value is -1.49. The van der Waals surface area contributed by atoms with Crippen LogP contribution in [0.15, 0.2) is 18.2 Å². The molecule has 0 spiro atoms. The SMILES string of the molecule is CC(O)C(=O)Oc1cc(F)cc(F)c1. The molecular weight excluding hydrogens is 194 g/mol. The number of esters is 1. The van der Waals surface area contributed by atoms with Crippen LogP contribution in [0.1, 0.15) is 6.92 Å². The fraction of sp³-hybridized carbons (Fsp3) is 0.222. The van der Waals surface area contributed by atoms with Gasteiger partial charge in [0.15, 0.2) is 0 Å². The Kier molecular flexibility index (Phi) is 3.14. The van der Waals surface area contributed by atoms with E-state index in [1.54, 1.807) is 0 Å². The van der Waals surface area contributed by atoms with E-state index in [0.29, 0.717) is 6.07 Å². The van der Waals surface area contributed by atoms with Gasteiger partial charge in [-0.2, -0.15) is 0 Å². The summed E-state index contributed by atoms with van der Waals surface area (Å²) in [4.78, 5) is 10.8. The van der Waals surface area contributed by atoms with Crippen molar-refractivity contribution in [2.45, 2.75) is 13.0 Å². The maximum absolute atomic E-state index is 12.6. The van der Waals surface area contributed by atoms with Crippen LogP contribution >= 0.6 is 0 Å². The van der Waals surface area contributed by atoms with Crippen LogP contribution in [0.3, 0.4) is 0 Å². The van der Waals surface area contributed by atoms with E-state index in [0.717, 1.165) is 12.1 Å². The normalized spacial score (nSPS) is 12.3. The second-order valence-corrected chi connectivity index (χ2v) is 2.70. The summed E-state index contributed by atoms with van der Waals surface area (Å²) < 4.78 is 29.6. The van der Waals surface area contributed by atoms with Gasteiger partial charge in [0.25, 0.3) is 0 Å². The zero-order chi connectivity index (χ0) is 10.7. The molecule has 1 N–H and O–H groups in total. The molecule has 76 valence electrons. The van der Waals surface area contributed by atoms with E-state index >= 15 is 0 Å². The van der Waals surface area contributed by atoms with E-state index in [-0.39, 0.29) is 5.75 Å². The number of halogens is 2. The largest absolute Gasteiger partial charge is 0.424 e. The van der Waals surface area contributed by atoms with Gasteiger partial charge in [0.1, 0.15) is 23.5 Å². The molecule has 1 rings (SSSR count). The van der Waals surface area contributed by atoms with E-state index < -0.39 is 23.7 Å². The average Bonchev–Trinajstić information content (AvgIpc) is 2.01. The quantitative estimate of drug-likeness (QED) is 0.580. The molecule has 0 heterocycles. The third-order valence-electron chi connectivity index (χ3n) is 1.40. The summed E-state index contributed by atoms with van der Waals surface area (Å²) in [5.41, 5.74) is 0. The Morgan fingerprint density at radius 2 is 1.86 bits per heavy atom. The van der Waals surface area contributed by atoms with Crippen molar-refractivity contribution in [2.75, 3.05) is 0 Å². The molecule has 1 unspecified atom stereocenters. The number of ether oxygens (including phenoxy) is 1. The fourth-order valence-corrected chi connectivity index (χ4v) is 0.789. The molecule has 1 aromatic carbocycles. The van der Waals surface area contributed by atoms with Crippen LogP contribution in [0.2, 0.25) is 0 Å². The Morgan fingerprint density at radius 1 is 1.36 bits per heavy atom. The lowest BCUT2D eigenvalue weighted by Crippen LogP contribution is -2.22. The maximum Gasteiger partial charge on any atom is 0.340 e. The third-order valence-corrected chi connectivity index (χ3v) is 1.40. The monoisotopic (exact) mass is 202 g/mol. The molecule has 1 atom stereocenters. The number of benzene rings is 1. The lowest BCUT2D eigenvalue weighted by atomic mass is 10.3. The predicted molar refractivity (Wildman–Crippen MR) is 43.7 cm³/mol. The van der Waals surface area contributed by atoms with Crippen molar-refractivity contribution in [2.24, 2.45) is 0 Å². The second-order valence-electron chi connectivity index (χ2n) is 2.70. The number of hydrogen-bond donors (Lipinski definition) is 1. The Morgan fingerprint density at radius 3 is 2.29 bits per heavy atom. The molecule has 0 aromatic heterocycles. The minimum atomic E-state index is -1.33. The van der Waals surface area contributed by atoms with Crippen LogP contribution in [0.25, 0.3) is 0 Å². The van der Waals surface area contributed by atoms with Gasteiger partial charge in [-0.05, 0) is 6.92 Å². The van der Waals surface area contributed by atoms with Crippen LogP contribution in [0, 0.1) is 11.6 Å². The van der Waals surface area contributed by atoms with Crippen molar-refractivity contribution in [3.05, 3.63) is 29.8 Å². The van der Waals surface area contributed by atoms with Gasteiger partial charge in [-0.3, -0.25) is 0 Å². The Labute approximate surface area is 78.9 Å². The summed E-state index contributed by atoms with van der Waals surface area (Å²) in [7, 11) is 0. The van der Waals surface area contributed by atoms with E-state index in [2.05, 4.69) is 4.74 Å². The summed E-state index contributed by atoms with van der Waals surface area (Å²) >= 11 is 0. The maximum atomic E-state index is 12.6. The minimum absolute atomic E-state index is 0.270. The first-order valence-electron chi connectivity index (χ1n) is 3.85. The van der Waals surface area contributed by atoms with Gasteiger partial charge in [-0.25, -0.2) is 13.6 Å². The average molecular weight is 202 g/mol. The topological polar surface area (TPSA) is 46.5 Å². The Bertz CT molecular complexity index is 330. The molecule has 0 bridgehead atoms. The highest BCUT2D eigenvalue weighted by Gasteiger charge is 2.12. The zero-order valence-corrected chi connectivity index (χ0v) is 7.33. The van der Waals surface area contributed by atoms with Gasteiger partial charge in [0.2, 0.25) is 0 Å².